The third kappa shape index (κ3) is 2.61. The first-order chi connectivity index (χ1) is 6.88. The summed E-state index contributed by atoms with van der Waals surface area (Å²) >= 11 is 0. The molecular formula is C13H22O2. The summed E-state index contributed by atoms with van der Waals surface area (Å²) < 4.78 is 5.55. The van der Waals surface area contributed by atoms with Crippen LogP contribution in [-0.2, 0) is 9.53 Å². The summed E-state index contributed by atoms with van der Waals surface area (Å²) in [6, 6.07) is 0. The molecular weight excluding hydrogens is 188 g/mol. The van der Waals surface area contributed by atoms with Crippen LogP contribution in [0.5, 0.6) is 0 Å². The molecule has 0 aromatic heterocycles. The van der Waals surface area contributed by atoms with Gasteiger partial charge in [-0.05, 0) is 25.2 Å². The average molecular weight is 210 g/mol. The van der Waals surface area contributed by atoms with Crippen LogP contribution in [0.4, 0.5) is 0 Å². The van der Waals surface area contributed by atoms with Crippen LogP contribution in [0.25, 0.3) is 0 Å². The van der Waals surface area contributed by atoms with E-state index in [-0.39, 0.29) is 17.5 Å². The zero-order valence-electron chi connectivity index (χ0n) is 10.3. The van der Waals surface area contributed by atoms with Crippen LogP contribution in [0, 0.1) is 11.3 Å². The Bertz CT molecular complexity index is 266. The first-order valence-corrected chi connectivity index (χ1v) is 5.77. The molecule has 0 amide bonds. The summed E-state index contributed by atoms with van der Waals surface area (Å²) in [4.78, 5) is 11.6. The Kier molecular flexibility index (Phi) is 3.58. The highest BCUT2D eigenvalue weighted by atomic mass is 16.5. The fourth-order valence-electron chi connectivity index (χ4n) is 2.28. The normalized spacial score (nSPS) is 28.8. The van der Waals surface area contributed by atoms with Crippen LogP contribution < -0.4 is 0 Å². The van der Waals surface area contributed by atoms with Crippen molar-refractivity contribution in [2.45, 2.75) is 53.1 Å². The lowest BCUT2D eigenvalue weighted by atomic mass is 9.87. The van der Waals surface area contributed by atoms with Crippen molar-refractivity contribution in [3.05, 3.63) is 12.2 Å². The molecule has 1 rings (SSSR count). The van der Waals surface area contributed by atoms with Gasteiger partial charge in [-0.2, -0.15) is 0 Å². The Morgan fingerprint density at radius 1 is 1.53 bits per heavy atom. The van der Waals surface area contributed by atoms with Gasteiger partial charge in [-0.25, -0.2) is 4.79 Å². The van der Waals surface area contributed by atoms with Crippen molar-refractivity contribution in [1.29, 1.82) is 0 Å². The van der Waals surface area contributed by atoms with E-state index in [0.717, 1.165) is 12.8 Å². The number of rotatable bonds is 3. The van der Waals surface area contributed by atoms with E-state index >= 15 is 0 Å². The Labute approximate surface area is 92.7 Å². The molecule has 1 fully saturated rings. The van der Waals surface area contributed by atoms with Gasteiger partial charge in [0, 0.05) is 11.0 Å². The third-order valence-electron chi connectivity index (χ3n) is 3.48. The molecule has 2 unspecified atom stereocenters. The maximum absolute atomic E-state index is 11.6. The Morgan fingerprint density at radius 2 is 2.13 bits per heavy atom. The molecule has 2 nitrogen and oxygen atoms in total. The minimum atomic E-state index is -0.218. The van der Waals surface area contributed by atoms with Gasteiger partial charge >= 0.3 is 5.97 Å². The topological polar surface area (TPSA) is 26.3 Å². The number of hydrogen-bond donors (Lipinski definition) is 0. The molecule has 0 spiro atoms. The lowest BCUT2D eigenvalue weighted by Gasteiger charge is -2.29. The van der Waals surface area contributed by atoms with Crippen molar-refractivity contribution >= 4 is 5.97 Å². The van der Waals surface area contributed by atoms with Gasteiger partial charge in [0.15, 0.2) is 0 Å². The Morgan fingerprint density at radius 3 is 2.53 bits per heavy atom. The molecule has 15 heavy (non-hydrogen) atoms. The molecule has 2 heteroatoms. The summed E-state index contributed by atoms with van der Waals surface area (Å²) in [6.45, 7) is 12.1. The van der Waals surface area contributed by atoms with Gasteiger partial charge in [0.2, 0.25) is 0 Å². The third-order valence-corrected chi connectivity index (χ3v) is 3.48. The predicted molar refractivity (Wildman–Crippen MR) is 61.5 cm³/mol. The van der Waals surface area contributed by atoms with Gasteiger partial charge in [-0.3, -0.25) is 0 Å². The lowest BCUT2D eigenvalue weighted by molar-refractivity contribution is -0.151. The van der Waals surface area contributed by atoms with E-state index < -0.39 is 0 Å². The largest absolute Gasteiger partial charge is 0.458 e. The van der Waals surface area contributed by atoms with Crippen LogP contribution in [0.1, 0.15) is 47.0 Å². The van der Waals surface area contributed by atoms with E-state index in [0.29, 0.717) is 17.9 Å². The van der Waals surface area contributed by atoms with Gasteiger partial charge in [0.1, 0.15) is 6.10 Å². The highest BCUT2D eigenvalue weighted by Crippen LogP contribution is 2.43. The molecule has 1 aliphatic carbocycles. The molecule has 0 radical (unpaired) electrons. The molecule has 0 bridgehead atoms. The van der Waals surface area contributed by atoms with E-state index in [4.69, 9.17) is 4.74 Å². The predicted octanol–water partition coefficient (Wildman–Crippen LogP) is 3.32. The van der Waals surface area contributed by atoms with E-state index in [2.05, 4.69) is 27.4 Å². The second kappa shape index (κ2) is 4.38. The van der Waals surface area contributed by atoms with E-state index in [1.54, 1.807) is 0 Å². The maximum atomic E-state index is 11.6. The molecule has 1 aliphatic rings. The Balaban J connectivity index is 2.64. The molecule has 86 valence electrons. The molecule has 0 heterocycles. The number of esters is 1. The maximum Gasteiger partial charge on any atom is 0.333 e. The fraction of sp³-hybridized carbons (Fsp3) is 0.769. The summed E-state index contributed by atoms with van der Waals surface area (Å²) in [6.07, 6.45) is 2.99. The molecule has 0 N–H and O–H groups in total. The van der Waals surface area contributed by atoms with Crippen molar-refractivity contribution in [2.24, 2.45) is 11.3 Å². The van der Waals surface area contributed by atoms with Gasteiger partial charge in [-0.1, -0.05) is 34.3 Å². The highest BCUT2D eigenvalue weighted by Gasteiger charge is 2.42. The zero-order valence-corrected chi connectivity index (χ0v) is 10.3. The van der Waals surface area contributed by atoms with Crippen molar-refractivity contribution in [2.75, 3.05) is 0 Å². The molecule has 0 aliphatic heterocycles. The summed E-state index contributed by atoms with van der Waals surface area (Å²) in [7, 11) is 0. The standard InChI is InChI=1S/C13H22O2/c1-6-9(2)12(14)15-11-10(3)7-8-13(11,4)5/h10-11H,2,6-8H2,1,3-5H3. The Hall–Kier alpha value is -0.790. The van der Waals surface area contributed by atoms with Crippen molar-refractivity contribution in [3.8, 4) is 0 Å². The van der Waals surface area contributed by atoms with E-state index in [9.17, 15) is 4.79 Å². The molecule has 2 atom stereocenters. The number of ether oxygens (including phenoxy) is 1. The second-order valence-corrected chi connectivity index (χ2v) is 5.29. The summed E-state index contributed by atoms with van der Waals surface area (Å²) in [5.74, 6) is 0.248. The van der Waals surface area contributed by atoms with Crippen molar-refractivity contribution in [1.82, 2.24) is 0 Å². The van der Waals surface area contributed by atoms with Crippen LogP contribution in [0.15, 0.2) is 12.2 Å². The van der Waals surface area contributed by atoms with Gasteiger partial charge in [0.25, 0.3) is 0 Å². The van der Waals surface area contributed by atoms with Crippen LogP contribution in [0.3, 0.4) is 0 Å². The molecule has 0 aromatic rings. The fourth-order valence-corrected chi connectivity index (χ4v) is 2.28. The first kappa shape index (κ1) is 12.3. The van der Waals surface area contributed by atoms with E-state index in [1.807, 2.05) is 6.92 Å². The number of hydrogen-bond acceptors (Lipinski definition) is 2. The quantitative estimate of drug-likeness (QED) is 0.527. The SMILES string of the molecule is C=C(CC)C(=O)OC1C(C)CCC1(C)C. The van der Waals surface area contributed by atoms with Crippen LogP contribution in [0.2, 0.25) is 0 Å². The van der Waals surface area contributed by atoms with Crippen LogP contribution in [-0.4, -0.2) is 12.1 Å². The molecule has 1 saturated carbocycles. The first-order valence-electron chi connectivity index (χ1n) is 5.77. The monoisotopic (exact) mass is 210 g/mol. The number of carbonyl (C=O) groups is 1. The number of carbonyl (C=O) groups excluding carboxylic acids is 1. The zero-order chi connectivity index (χ0) is 11.6. The van der Waals surface area contributed by atoms with Crippen molar-refractivity contribution in [3.63, 3.8) is 0 Å². The average Bonchev–Trinajstić information content (AvgIpc) is 2.43. The highest BCUT2D eigenvalue weighted by molar-refractivity contribution is 5.87. The minimum Gasteiger partial charge on any atom is -0.458 e. The van der Waals surface area contributed by atoms with Crippen LogP contribution >= 0.6 is 0 Å². The van der Waals surface area contributed by atoms with Crippen molar-refractivity contribution < 1.29 is 9.53 Å². The lowest BCUT2D eigenvalue weighted by Crippen LogP contribution is -2.32. The second-order valence-electron chi connectivity index (χ2n) is 5.29. The van der Waals surface area contributed by atoms with E-state index in [1.165, 1.54) is 0 Å². The summed E-state index contributed by atoms with van der Waals surface area (Å²) in [5, 5.41) is 0. The smallest absolute Gasteiger partial charge is 0.333 e. The molecule has 0 saturated heterocycles. The van der Waals surface area contributed by atoms with Gasteiger partial charge in [-0.15, -0.1) is 0 Å². The molecule has 0 aromatic carbocycles. The summed E-state index contributed by atoms with van der Waals surface area (Å²) in [5.41, 5.74) is 0.688. The van der Waals surface area contributed by atoms with Gasteiger partial charge in [0.05, 0.1) is 0 Å². The minimum absolute atomic E-state index is 0.0494. The van der Waals surface area contributed by atoms with Gasteiger partial charge < -0.3 is 4.74 Å².